The molecule has 1 aromatic carbocycles. The molecule has 110 valence electrons. The highest BCUT2D eigenvalue weighted by Crippen LogP contribution is 2.42. The molecule has 0 radical (unpaired) electrons. The molecule has 1 fully saturated rings. The van der Waals surface area contributed by atoms with Crippen LogP contribution in [-0.2, 0) is 6.54 Å². The van der Waals surface area contributed by atoms with Crippen molar-refractivity contribution in [3.63, 3.8) is 0 Å². The Kier molecular flexibility index (Phi) is 3.72. The van der Waals surface area contributed by atoms with Gasteiger partial charge >= 0.3 is 0 Å². The first-order valence-electron chi connectivity index (χ1n) is 7.12. The number of ether oxygens (including phenoxy) is 3. The Morgan fingerprint density at radius 2 is 2.25 bits per heavy atom. The third-order valence-electron chi connectivity index (χ3n) is 4.23. The molecule has 2 aliphatic heterocycles. The van der Waals surface area contributed by atoms with Gasteiger partial charge in [0, 0.05) is 19.1 Å². The van der Waals surface area contributed by atoms with Crippen molar-refractivity contribution in [1.29, 1.82) is 0 Å². The highest BCUT2D eigenvalue weighted by atomic mass is 16.7. The molecule has 1 saturated heterocycles. The van der Waals surface area contributed by atoms with Crippen LogP contribution in [0.3, 0.4) is 0 Å². The second kappa shape index (κ2) is 5.50. The summed E-state index contributed by atoms with van der Waals surface area (Å²) in [5.41, 5.74) is 6.98. The Balaban J connectivity index is 1.78. The van der Waals surface area contributed by atoms with E-state index in [2.05, 4.69) is 11.8 Å². The van der Waals surface area contributed by atoms with Gasteiger partial charge in [0.15, 0.2) is 11.5 Å². The molecule has 2 N–H and O–H groups in total. The van der Waals surface area contributed by atoms with E-state index in [9.17, 15) is 0 Å². The lowest BCUT2D eigenvalue weighted by molar-refractivity contribution is 0.171. The molecule has 2 unspecified atom stereocenters. The highest BCUT2D eigenvalue weighted by Gasteiger charge is 2.29. The summed E-state index contributed by atoms with van der Waals surface area (Å²) in [6, 6.07) is 4.66. The average molecular weight is 278 g/mol. The number of likely N-dealkylation sites (tertiary alicyclic amines) is 1. The lowest BCUT2D eigenvalue weighted by Crippen LogP contribution is -2.27. The van der Waals surface area contributed by atoms with Crippen molar-refractivity contribution in [2.75, 3.05) is 27.0 Å². The van der Waals surface area contributed by atoms with Gasteiger partial charge < -0.3 is 19.9 Å². The lowest BCUT2D eigenvalue weighted by Gasteiger charge is -2.21. The summed E-state index contributed by atoms with van der Waals surface area (Å²) >= 11 is 0. The average Bonchev–Trinajstić information content (AvgIpc) is 3.05. The van der Waals surface area contributed by atoms with Gasteiger partial charge in [-0.25, -0.2) is 0 Å². The third kappa shape index (κ3) is 2.43. The van der Waals surface area contributed by atoms with Crippen LogP contribution in [0.1, 0.15) is 18.9 Å². The van der Waals surface area contributed by atoms with Gasteiger partial charge in [0.05, 0.1) is 7.11 Å². The molecule has 0 aliphatic carbocycles. The van der Waals surface area contributed by atoms with E-state index >= 15 is 0 Å². The summed E-state index contributed by atoms with van der Waals surface area (Å²) < 4.78 is 16.3. The van der Waals surface area contributed by atoms with Crippen molar-refractivity contribution in [2.45, 2.75) is 25.9 Å². The van der Waals surface area contributed by atoms with Crippen molar-refractivity contribution >= 4 is 0 Å². The first kappa shape index (κ1) is 13.5. The third-order valence-corrected chi connectivity index (χ3v) is 4.23. The van der Waals surface area contributed by atoms with Crippen LogP contribution in [0.4, 0.5) is 0 Å². The first-order chi connectivity index (χ1) is 9.71. The minimum atomic E-state index is 0.268. The maximum absolute atomic E-state index is 5.79. The number of hydrogen-bond acceptors (Lipinski definition) is 5. The number of rotatable bonds is 4. The van der Waals surface area contributed by atoms with Crippen LogP contribution in [0.15, 0.2) is 12.1 Å². The Hall–Kier alpha value is -1.46. The van der Waals surface area contributed by atoms with Crippen LogP contribution in [0, 0.1) is 5.92 Å². The van der Waals surface area contributed by atoms with E-state index in [0.29, 0.717) is 17.7 Å². The van der Waals surface area contributed by atoms with Crippen LogP contribution in [0.5, 0.6) is 17.2 Å². The normalized spacial score (nSPS) is 25.1. The lowest BCUT2D eigenvalue weighted by atomic mass is 10.1. The smallest absolute Gasteiger partial charge is 0.231 e. The van der Waals surface area contributed by atoms with Gasteiger partial charge in [-0.05, 0) is 43.5 Å². The van der Waals surface area contributed by atoms with Gasteiger partial charge in [0.25, 0.3) is 0 Å². The molecule has 1 aromatic rings. The predicted molar refractivity (Wildman–Crippen MR) is 76.2 cm³/mol. The minimum Gasteiger partial charge on any atom is -0.493 e. The topological polar surface area (TPSA) is 57.0 Å². The van der Waals surface area contributed by atoms with Gasteiger partial charge in [-0.2, -0.15) is 0 Å². The first-order valence-corrected chi connectivity index (χ1v) is 7.12. The maximum Gasteiger partial charge on any atom is 0.231 e. The number of fused-ring (bicyclic) bond motifs is 1. The van der Waals surface area contributed by atoms with Gasteiger partial charge in [0.2, 0.25) is 12.5 Å². The minimum absolute atomic E-state index is 0.268. The van der Waals surface area contributed by atoms with E-state index in [0.717, 1.165) is 31.1 Å². The monoisotopic (exact) mass is 278 g/mol. The number of nitrogens with two attached hydrogens (primary N) is 1. The van der Waals surface area contributed by atoms with E-state index < -0.39 is 0 Å². The molecule has 2 atom stereocenters. The van der Waals surface area contributed by atoms with Gasteiger partial charge in [-0.3, -0.25) is 4.90 Å². The summed E-state index contributed by atoms with van der Waals surface area (Å²) in [7, 11) is 1.66. The van der Waals surface area contributed by atoms with E-state index in [-0.39, 0.29) is 6.79 Å². The molecule has 2 heterocycles. The van der Waals surface area contributed by atoms with Gasteiger partial charge in [-0.1, -0.05) is 0 Å². The summed E-state index contributed by atoms with van der Waals surface area (Å²) in [6.07, 6.45) is 1.18. The Morgan fingerprint density at radius 1 is 1.40 bits per heavy atom. The quantitative estimate of drug-likeness (QED) is 0.906. The summed E-state index contributed by atoms with van der Waals surface area (Å²) in [5.74, 6) is 2.85. The second-order valence-corrected chi connectivity index (χ2v) is 5.65. The summed E-state index contributed by atoms with van der Waals surface area (Å²) in [5, 5.41) is 0. The van der Waals surface area contributed by atoms with E-state index in [1.165, 1.54) is 12.0 Å². The highest BCUT2D eigenvalue weighted by molar-refractivity contribution is 5.55. The molecule has 20 heavy (non-hydrogen) atoms. The molecule has 0 amide bonds. The Morgan fingerprint density at radius 3 is 2.95 bits per heavy atom. The van der Waals surface area contributed by atoms with Crippen molar-refractivity contribution in [2.24, 2.45) is 11.7 Å². The molecule has 0 aromatic heterocycles. The zero-order valence-corrected chi connectivity index (χ0v) is 12.1. The zero-order valence-electron chi connectivity index (χ0n) is 12.1. The van der Waals surface area contributed by atoms with Crippen LogP contribution < -0.4 is 19.9 Å². The van der Waals surface area contributed by atoms with Crippen LogP contribution in [0.2, 0.25) is 0 Å². The van der Waals surface area contributed by atoms with E-state index in [1.54, 1.807) is 7.11 Å². The molecular weight excluding hydrogens is 256 g/mol. The molecule has 2 aliphatic rings. The Bertz CT molecular complexity index is 492. The van der Waals surface area contributed by atoms with Crippen LogP contribution in [0.25, 0.3) is 0 Å². The zero-order chi connectivity index (χ0) is 14.1. The maximum atomic E-state index is 5.79. The number of benzene rings is 1. The summed E-state index contributed by atoms with van der Waals surface area (Å²) in [4.78, 5) is 2.47. The van der Waals surface area contributed by atoms with Crippen molar-refractivity contribution in [3.05, 3.63) is 17.7 Å². The fourth-order valence-corrected chi connectivity index (χ4v) is 3.12. The molecule has 5 heteroatoms. The van der Waals surface area contributed by atoms with Crippen LogP contribution >= 0.6 is 0 Å². The largest absolute Gasteiger partial charge is 0.493 e. The molecule has 0 bridgehead atoms. The SMILES string of the molecule is COc1cc(CN2CC(CN)CC2C)cc2c1OCO2. The fraction of sp³-hybridized carbons (Fsp3) is 0.600. The Labute approximate surface area is 119 Å². The fourth-order valence-electron chi connectivity index (χ4n) is 3.12. The summed E-state index contributed by atoms with van der Waals surface area (Å²) in [6.45, 7) is 5.26. The standard InChI is InChI=1S/C15H22N2O3/c1-10-3-12(6-16)8-17(10)7-11-4-13(18-2)15-14(5-11)19-9-20-15/h4-5,10,12H,3,6-9,16H2,1-2H3. The molecule has 0 saturated carbocycles. The second-order valence-electron chi connectivity index (χ2n) is 5.65. The van der Waals surface area contributed by atoms with Crippen molar-refractivity contribution in [3.8, 4) is 17.2 Å². The van der Waals surface area contributed by atoms with Gasteiger partial charge in [-0.15, -0.1) is 0 Å². The van der Waals surface area contributed by atoms with Crippen molar-refractivity contribution in [1.82, 2.24) is 4.90 Å². The van der Waals surface area contributed by atoms with Gasteiger partial charge in [0.1, 0.15) is 0 Å². The molecular formula is C15H22N2O3. The number of hydrogen-bond donors (Lipinski definition) is 1. The molecule has 0 spiro atoms. The molecule has 5 nitrogen and oxygen atoms in total. The number of methoxy groups -OCH3 is 1. The molecule has 3 rings (SSSR count). The van der Waals surface area contributed by atoms with Crippen LogP contribution in [-0.4, -0.2) is 37.9 Å². The van der Waals surface area contributed by atoms with E-state index in [1.807, 2.05) is 12.1 Å². The predicted octanol–water partition coefficient (Wildman–Crippen LogP) is 1.59. The van der Waals surface area contributed by atoms with E-state index in [4.69, 9.17) is 19.9 Å². The number of nitrogens with zero attached hydrogens (tertiary/aromatic N) is 1. The van der Waals surface area contributed by atoms with Crippen molar-refractivity contribution < 1.29 is 14.2 Å².